The van der Waals surface area contributed by atoms with E-state index in [-0.39, 0.29) is 34.8 Å². The van der Waals surface area contributed by atoms with Crippen LogP contribution in [0.15, 0.2) is 36.5 Å². The molecule has 12 heteroatoms. The average Bonchev–Trinajstić information content (AvgIpc) is 2.83. The molecular formula is C24H28ClFN4O5S. The summed E-state index contributed by atoms with van der Waals surface area (Å²) in [6, 6.07) is 7.12. The van der Waals surface area contributed by atoms with Crippen LogP contribution in [0.25, 0.3) is 0 Å². The normalized spacial score (nSPS) is 17.5. The van der Waals surface area contributed by atoms with Crippen molar-refractivity contribution in [2.75, 3.05) is 37.6 Å². The molecule has 0 unspecified atom stereocenters. The lowest BCUT2D eigenvalue weighted by Crippen LogP contribution is -2.62. The Morgan fingerprint density at radius 1 is 1.19 bits per heavy atom. The van der Waals surface area contributed by atoms with Gasteiger partial charge < -0.3 is 9.64 Å². The molecule has 0 saturated carbocycles. The van der Waals surface area contributed by atoms with Crippen LogP contribution in [-0.2, 0) is 26.1 Å². The van der Waals surface area contributed by atoms with Crippen molar-refractivity contribution >= 4 is 39.2 Å². The van der Waals surface area contributed by atoms with Gasteiger partial charge in [0.25, 0.3) is 0 Å². The molecule has 1 aromatic carbocycles. The van der Waals surface area contributed by atoms with Gasteiger partial charge in [0, 0.05) is 32.3 Å². The van der Waals surface area contributed by atoms with Crippen LogP contribution in [0.1, 0.15) is 35.8 Å². The summed E-state index contributed by atoms with van der Waals surface area (Å²) < 4.78 is 47.4. The minimum absolute atomic E-state index is 0.0468. The fourth-order valence-corrected chi connectivity index (χ4v) is 6.60. The lowest BCUT2D eigenvalue weighted by atomic mass is 10.0. The molecule has 4 rings (SSSR count). The van der Waals surface area contributed by atoms with E-state index in [9.17, 15) is 22.4 Å². The van der Waals surface area contributed by atoms with Crippen LogP contribution in [0.4, 0.5) is 10.1 Å². The maximum Gasteiger partial charge on any atom is 0.339 e. The van der Waals surface area contributed by atoms with E-state index in [1.165, 1.54) is 35.8 Å². The smallest absolute Gasteiger partial charge is 0.339 e. The molecule has 0 radical (unpaired) electrons. The number of hydrogen-bond acceptors (Lipinski definition) is 7. The van der Waals surface area contributed by atoms with Gasteiger partial charge in [-0.2, -0.15) is 0 Å². The quantitative estimate of drug-likeness (QED) is 0.500. The Hall–Kier alpha value is -2.76. The van der Waals surface area contributed by atoms with E-state index >= 15 is 0 Å². The summed E-state index contributed by atoms with van der Waals surface area (Å²) in [5.74, 6) is -1.15. The molecule has 2 aliphatic heterocycles. The molecule has 36 heavy (non-hydrogen) atoms. The van der Waals surface area contributed by atoms with Crippen molar-refractivity contribution in [1.82, 2.24) is 14.8 Å². The number of benzene rings is 1. The number of pyridine rings is 1. The number of sulfonamides is 1. The Morgan fingerprint density at radius 2 is 1.89 bits per heavy atom. The Kier molecular flexibility index (Phi) is 7.82. The molecule has 2 fully saturated rings. The van der Waals surface area contributed by atoms with Crippen molar-refractivity contribution in [3.8, 4) is 0 Å². The molecule has 0 bridgehead atoms. The minimum atomic E-state index is -3.87. The van der Waals surface area contributed by atoms with Crippen molar-refractivity contribution in [2.45, 2.75) is 37.6 Å². The summed E-state index contributed by atoms with van der Waals surface area (Å²) >= 11 is 5.98. The Labute approximate surface area is 214 Å². The number of carbonyl (C=O) groups is 2. The van der Waals surface area contributed by atoms with Crippen LogP contribution in [-0.4, -0.2) is 79.7 Å². The second kappa shape index (κ2) is 10.7. The predicted molar refractivity (Wildman–Crippen MR) is 133 cm³/mol. The molecule has 0 spiro atoms. The van der Waals surface area contributed by atoms with Crippen molar-refractivity contribution in [3.05, 3.63) is 58.6 Å². The zero-order chi connectivity index (χ0) is 26.0. The van der Waals surface area contributed by atoms with Gasteiger partial charge in [-0.05, 0) is 56.3 Å². The number of halogens is 2. The van der Waals surface area contributed by atoms with Gasteiger partial charge in [-0.1, -0.05) is 11.6 Å². The molecule has 194 valence electrons. The van der Waals surface area contributed by atoms with E-state index in [0.29, 0.717) is 44.7 Å². The lowest BCUT2D eigenvalue weighted by Gasteiger charge is -2.47. The number of carbonyl (C=O) groups excluding carboxylic acids is 2. The summed E-state index contributed by atoms with van der Waals surface area (Å²) in [6.07, 6.45) is 2.18. The van der Waals surface area contributed by atoms with Crippen molar-refractivity contribution in [3.63, 3.8) is 0 Å². The van der Waals surface area contributed by atoms with Crippen molar-refractivity contribution in [2.24, 2.45) is 0 Å². The summed E-state index contributed by atoms with van der Waals surface area (Å²) in [7, 11) is -2.61. The molecule has 0 atom stereocenters. The predicted octanol–water partition coefficient (Wildman–Crippen LogP) is 2.69. The maximum absolute atomic E-state index is 13.8. The third-order valence-electron chi connectivity index (χ3n) is 6.77. The number of amides is 1. The minimum Gasteiger partial charge on any atom is -0.465 e. The third kappa shape index (κ3) is 5.47. The molecule has 2 aromatic rings. The van der Waals surface area contributed by atoms with Gasteiger partial charge in [0.2, 0.25) is 15.9 Å². The maximum atomic E-state index is 13.8. The monoisotopic (exact) mass is 538 g/mol. The number of aromatic nitrogens is 1. The number of piperidine rings is 1. The van der Waals surface area contributed by atoms with Gasteiger partial charge in [-0.25, -0.2) is 17.6 Å². The largest absolute Gasteiger partial charge is 0.465 e. The molecule has 2 aliphatic rings. The number of ether oxygens (including phenoxy) is 1. The number of esters is 1. The molecule has 1 amide bonds. The van der Waals surface area contributed by atoms with E-state index in [2.05, 4.69) is 14.6 Å². The first-order valence-electron chi connectivity index (χ1n) is 11.6. The molecule has 1 aromatic heterocycles. The average molecular weight is 539 g/mol. The highest BCUT2D eigenvalue weighted by molar-refractivity contribution is 7.93. The van der Waals surface area contributed by atoms with Crippen LogP contribution in [0.5, 0.6) is 0 Å². The van der Waals surface area contributed by atoms with Crippen LogP contribution in [0.2, 0.25) is 5.02 Å². The highest BCUT2D eigenvalue weighted by atomic mass is 35.5. The van der Waals surface area contributed by atoms with Crippen LogP contribution >= 0.6 is 11.6 Å². The van der Waals surface area contributed by atoms with E-state index in [1.807, 2.05) is 0 Å². The second-order valence-electron chi connectivity index (χ2n) is 8.99. The van der Waals surface area contributed by atoms with E-state index < -0.39 is 27.1 Å². The van der Waals surface area contributed by atoms with Gasteiger partial charge in [0.05, 0.1) is 40.9 Å². The summed E-state index contributed by atoms with van der Waals surface area (Å²) in [5.41, 5.74) is 0.883. The van der Waals surface area contributed by atoms with Gasteiger partial charge in [0.15, 0.2) is 0 Å². The van der Waals surface area contributed by atoms with Crippen LogP contribution in [0, 0.1) is 5.82 Å². The first kappa shape index (κ1) is 26.3. The fourth-order valence-electron chi connectivity index (χ4n) is 4.53. The third-order valence-corrected chi connectivity index (χ3v) is 9.33. The zero-order valence-electron chi connectivity index (χ0n) is 20.1. The van der Waals surface area contributed by atoms with Gasteiger partial charge >= 0.3 is 5.97 Å². The molecule has 3 heterocycles. The van der Waals surface area contributed by atoms with Crippen LogP contribution in [0.3, 0.4) is 0 Å². The topological polar surface area (TPSA) is 100 Å². The Morgan fingerprint density at radius 3 is 2.44 bits per heavy atom. The number of nitrogens with zero attached hydrogens (tertiary/aromatic N) is 4. The summed E-state index contributed by atoms with van der Waals surface area (Å²) in [4.78, 5) is 31.4. The van der Waals surface area contributed by atoms with Gasteiger partial charge in [-0.15, -0.1) is 0 Å². The number of methoxy groups -OCH3 is 1. The Bertz CT molecular complexity index is 1230. The molecule has 9 nitrogen and oxygen atoms in total. The van der Waals surface area contributed by atoms with Crippen molar-refractivity contribution in [1.29, 1.82) is 0 Å². The second-order valence-corrected chi connectivity index (χ2v) is 11.5. The standard InChI is InChI=1S/C24H28ClFN4O5S/c1-16(31)29-14-20(15-29)28-9-7-21(8-10-28)36(33,34)30(19-5-6-23(26)22(25)11-19)13-18-4-3-17(12-27-18)24(32)35-2/h3-6,11-12,20-21H,7-10,13-15H2,1-2H3. The van der Waals surface area contributed by atoms with Gasteiger partial charge in [-0.3, -0.25) is 19.0 Å². The number of likely N-dealkylation sites (tertiary alicyclic amines) is 2. The van der Waals surface area contributed by atoms with E-state index in [1.54, 1.807) is 17.9 Å². The molecule has 2 saturated heterocycles. The van der Waals surface area contributed by atoms with Gasteiger partial charge in [0.1, 0.15) is 5.82 Å². The van der Waals surface area contributed by atoms with E-state index in [0.717, 1.165) is 6.07 Å². The number of hydrogen-bond donors (Lipinski definition) is 0. The molecule has 0 aliphatic carbocycles. The number of anilines is 1. The first-order chi connectivity index (χ1) is 17.1. The highest BCUT2D eigenvalue weighted by Gasteiger charge is 2.40. The molecule has 0 N–H and O–H groups in total. The molecular weight excluding hydrogens is 511 g/mol. The number of rotatable bonds is 7. The summed E-state index contributed by atoms with van der Waals surface area (Å²) in [6.45, 7) is 3.97. The SMILES string of the molecule is COC(=O)c1ccc(CN(c2ccc(F)c(Cl)c2)S(=O)(=O)C2CCN(C3CN(C(C)=O)C3)CC2)nc1. The van der Waals surface area contributed by atoms with Crippen molar-refractivity contribution < 1.29 is 27.1 Å². The Balaban J connectivity index is 1.53. The lowest BCUT2D eigenvalue weighted by molar-refractivity contribution is -0.136. The highest BCUT2D eigenvalue weighted by Crippen LogP contribution is 2.31. The van der Waals surface area contributed by atoms with E-state index in [4.69, 9.17) is 11.6 Å². The fraction of sp³-hybridized carbons (Fsp3) is 0.458. The zero-order valence-corrected chi connectivity index (χ0v) is 21.6. The first-order valence-corrected chi connectivity index (χ1v) is 13.5. The summed E-state index contributed by atoms with van der Waals surface area (Å²) in [5, 5.41) is -0.826. The van der Waals surface area contributed by atoms with Crippen LogP contribution < -0.4 is 4.31 Å².